The number of nitrogens with two attached hydrogens (primary N) is 1. The Bertz CT molecular complexity index is 472. The van der Waals surface area contributed by atoms with Gasteiger partial charge in [0, 0.05) is 0 Å². The summed E-state index contributed by atoms with van der Waals surface area (Å²) in [7, 11) is 0. The van der Waals surface area contributed by atoms with Crippen LogP contribution in [0, 0.1) is 0 Å². The summed E-state index contributed by atoms with van der Waals surface area (Å²) in [4.78, 5) is 0. The maximum Gasteiger partial charge on any atom is 0.138 e. The van der Waals surface area contributed by atoms with Gasteiger partial charge in [-0.05, 0) is 30.5 Å². The summed E-state index contributed by atoms with van der Waals surface area (Å²) in [5.41, 5.74) is 7.48. The molecule has 2 heteroatoms. The summed E-state index contributed by atoms with van der Waals surface area (Å²) in [5, 5.41) is 9.45. The molecular weight excluding hydrogens is 342 g/mol. The van der Waals surface area contributed by atoms with Gasteiger partial charge in [-0.1, -0.05) is 122 Å². The highest BCUT2D eigenvalue weighted by Gasteiger charge is 1.99. The van der Waals surface area contributed by atoms with Crippen LogP contribution in [0.5, 0.6) is 5.75 Å². The molecule has 0 aromatic heterocycles. The highest BCUT2D eigenvalue weighted by molar-refractivity contribution is 5.53. The Kier molecular flexibility index (Phi) is 15.9. The van der Waals surface area contributed by atoms with Crippen molar-refractivity contribution >= 4 is 5.69 Å². The Hall–Kier alpha value is -1.18. The molecule has 3 N–H and O–H groups in total. The highest BCUT2D eigenvalue weighted by atomic mass is 16.3. The van der Waals surface area contributed by atoms with Crippen LogP contribution in [0.2, 0.25) is 0 Å². The van der Waals surface area contributed by atoms with Crippen molar-refractivity contribution < 1.29 is 5.11 Å². The fourth-order valence-corrected chi connectivity index (χ4v) is 3.99. The van der Waals surface area contributed by atoms with Gasteiger partial charge in [-0.15, -0.1) is 0 Å². The third-order valence-corrected chi connectivity index (χ3v) is 5.91. The predicted molar refractivity (Wildman–Crippen MR) is 125 cm³/mol. The molecule has 0 heterocycles. The van der Waals surface area contributed by atoms with E-state index in [1.165, 1.54) is 121 Å². The molecule has 0 saturated carbocycles. The lowest BCUT2D eigenvalue weighted by molar-refractivity contribution is 0.477. The quantitative estimate of drug-likeness (QED) is 0.141. The normalized spacial score (nSPS) is 11.2. The molecule has 1 aromatic carbocycles. The molecular formula is C26H47NO. The van der Waals surface area contributed by atoms with E-state index in [1.54, 1.807) is 6.07 Å². The largest absolute Gasteiger partial charge is 0.506 e. The summed E-state index contributed by atoms with van der Waals surface area (Å²) in [6.07, 6.45) is 26.5. The SMILES string of the molecule is CCCCCCCCCCCCCCCCCCCCc1ccc(O)c(N)c1. The van der Waals surface area contributed by atoms with E-state index in [9.17, 15) is 5.11 Å². The Morgan fingerprint density at radius 2 is 1.00 bits per heavy atom. The second-order valence-corrected chi connectivity index (χ2v) is 8.65. The lowest BCUT2D eigenvalue weighted by Gasteiger charge is -2.05. The fourth-order valence-electron chi connectivity index (χ4n) is 3.99. The Morgan fingerprint density at radius 3 is 1.39 bits per heavy atom. The minimum atomic E-state index is 0.196. The number of anilines is 1. The summed E-state index contributed by atoms with van der Waals surface area (Å²) in [6.45, 7) is 2.29. The first-order valence-electron chi connectivity index (χ1n) is 12.3. The number of aromatic hydroxyl groups is 1. The predicted octanol–water partition coefficient (Wildman–Crippen LogP) is 8.56. The maximum atomic E-state index is 9.45. The molecule has 1 rings (SSSR count). The monoisotopic (exact) mass is 389 g/mol. The molecule has 0 aliphatic heterocycles. The van der Waals surface area contributed by atoms with E-state index < -0.39 is 0 Å². The van der Waals surface area contributed by atoms with E-state index in [2.05, 4.69) is 6.92 Å². The van der Waals surface area contributed by atoms with Crippen LogP contribution in [0.4, 0.5) is 5.69 Å². The van der Waals surface area contributed by atoms with E-state index in [1.807, 2.05) is 12.1 Å². The molecule has 0 fully saturated rings. The van der Waals surface area contributed by atoms with Crippen molar-refractivity contribution in [1.82, 2.24) is 0 Å². The van der Waals surface area contributed by atoms with Gasteiger partial charge in [-0.3, -0.25) is 0 Å². The van der Waals surface area contributed by atoms with Crippen LogP contribution in [0.25, 0.3) is 0 Å². The Labute approximate surface area is 175 Å². The average Bonchev–Trinajstić information content (AvgIpc) is 2.69. The molecule has 0 spiro atoms. The Balaban J connectivity index is 1.75. The number of phenols is 1. The second kappa shape index (κ2) is 17.9. The maximum absolute atomic E-state index is 9.45. The van der Waals surface area contributed by atoms with Gasteiger partial charge in [-0.25, -0.2) is 0 Å². The molecule has 0 atom stereocenters. The first kappa shape index (κ1) is 24.9. The van der Waals surface area contributed by atoms with Crippen molar-refractivity contribution in [3.63, 3.8) is 0 Å². The molecule has 0 aliphatic carbocycles. The second-order valence-electron chi connectivity index (χ2n) is 8.65. The number of unbranched alkanes of at least 4 members (excludes halogenated alkanes) is 17. The van der Waals surface area contributed by atoms with Gasteiger partial charge >= 0.3 is 0 Å². The van der Waals surface area contributed by atoms with Crippen molar-refractivity contribution in [2.75, 3.05) is 5.73 Å². The van der Waals surface area contributed by atoms with Gasteiger partial charge < -0.3 is 10.8 Å². The van der Waals surface area contributed by atoms with Crippen molar-refractivity contribution in [3.05, 3.63) is 23.8 Å². The summed E-state index contributed by atoms with van der Waals surface area (Å²) in [5.74, 6) is 0.196. The van der Waals surface area contributed by atoms with Crippen LogP contribution in [-0.2, 0) is 6.42 Å². The lowest BCUT2D eigenvalue weighted by atomic mass is 10.0. The molecule has 0 amide bonds. The molecule has 0 saturated heterocycles. The van der Waals surface area contributed by atoms with Crippen LogP contribution >= 0.6 is 0 Å². The standard InChI is InChI=1S/C26H47NO/c1-2-3-4-5-6-7-8-9-10-11-12-13-14-15-16-17-18-19-20-24-21-22-26(28)25(27)23-24/h21-23,28H,2-20,27H2,1H3. The van der Waals surface area contributed by atoms with Crippen LogP contribution in [0.15, 0.2) is 18.2 Å². The molecule has 1 aromatic rings. The number of aryl methyl sites for hydroxylation is 1. The van der Waals surface area contributed by atoms with Gasteiger partial charge in [0.15, 0.2) is 0 Å². The van der Waals surface area contributed by atoms with Gasteiger partial charge in [-0.2, -0.15) is 0 Å². The van der Waals surface area contributed by atoms with Crippen LogP contribution in [-0.4, -0.2) is 5.11 Å². The fraction of sp³-hybridized carbons (Fsp3) is 0.769. The number of hydrogen-bond acceptors (Lipinski definition) is 2. The molecule has 162 valence electrons. The number of rotatable bonds is 19. The van der Waals surface area contributed by atoms with Gasteiger partial charge in [0.05, 0.1) is 5.69 Å². The minimum absolute atomic E-state index is 0.196. The van der Waals surface area contributed by atoms with Crippen molar-refractivity contribution in [2.45, 2.75) is 129 Å². The molecule has 28 heavy (non-hydrogen) atoms. The summed E-state index contributed by atoms with van der Waals surface area (Å²) < 4.78 is 0. The van der Waals surface area contributed by atoms with Gasteiger partial charge in [0.1, 0.15) is 5.75 Å². The number of nitrogen functional groups attached to an aromatic ring is 1. The minimum Gasteiger partial charge on any atom is -0.506 e. The zero-order valence-electron chi connectivity index (χ0n) is 18.7. The van der Waals surface area contributed by atoms with Crippen LogP contribution in [0.3, 0.4) is 0 Å². The van der Waals surface area contributed by atoms with Crippen LogP contribution in [0.1, 0.15) is 128 Å². The van der Waals surface area contributed by atoms with E-state index in [0.717, 1.165) is 6.42 Å². The molecule has 0 bridgehead atoms. The van der Waals surface area contributed by atoms with E-state index in [-0.39, 0.29) is 5.75 Å². The first-order chi connectivity index (χ1) is 13.7. The van der Waals surface area contributed by atoms with Crippen molar-refractivity contribution in [3.8, 4) is 5.75 Å². The molecule has 0 unspecified atom stereocenters. The summed E-state index contributed by atoms with van der Waals surface area (Å²) in [6, 6.07) is 5.60. The molecule has 2 nitrogen and oxygen atoms in total. The van der Waals surface area contributed by atoms with E-state index >= 15 is 0 Å². The molecule has 0 aliphatic rings. The average molecular weight is 390 g/mol. The number of benzene rings is 1. The van der Waals surface area contributed by atoms with Gasteiger partial charge in [0.25, 0.3) is 0 Å². The number of hydrogen-bond donors (Lipinski definition) is 2. The van der Waals surface area contributed by atoms with Crippen LogP contribution < -0.4 is 5.73 Å². The van der Waals surface area contributed by atoms with E-state index in [0.29, 0.717) is 5.69 Å². The van der Waals surface area contributed by atoms with Crippen molar-refractivity contribution in [1.29, 1.82) is 0 Å². The third-order valence-electron chi connectivity index (χ3n) is 5.91. The zero-order valence-corrected chi connectivity index (χ0v) is 18.7. The van der Waals surface area contributed by atoms with E-state index in [4.69, 9.17) is 5.73 Å². The zero-order chi connectivity index (χ0) is 20.3. The number of phenolic OH excluding ortho intramolecular Hbond substituents is 1. The summed E-state index contributed by atoms with van der Waals surface area (Å²) >= 11 is 0. The highest BCUT2D eigenvalue weighted by Crippen LogP contribution is 2.22. The smallest absolute Gasteiger partial charge is 0.138 e. The van der Waals surface area contributed by atoms with Gasteiger partial charge in [0.2, 0.25) is 0 Å². The Morgan fingerprint density at radius 1 is 0.607 bits per heavy atom. The topological polar surface area (TPSA) is 46.2 Å². The first-order valence-corrected chi connectivity index (χ1v) is 12.3. The lowest BCUT2D eigenvalue weighted by Crippen LogP contribution is -1.91. The molecule has 0 radical (unpaired) electrons. The van der Waals surface area contributed by atoms with Crippen molar-refractivity contribution in [2.24, 2.45) is 0 Å². The third kappa shape index (κ3) is 13.9.